The van der Waals surface area contributed by atoms with E-state index in [9.17, 15) is 4.79 Å². The topological polar surface area (TPSA) is 42.0 Å². The zero-order valence-electron chi connectivity index (χ0n) is 18.7. The van der Waals surface area contributed by atoms with Crippen LogP contribution in [0.2, 0.25) is 0 Å². The molecule has 0 bridgehead atoms. The van der Waals surface area contributed by atoms with Gasteiger partial charge in [-0.1, -0.05) is 54.6 Å². The van der Waals surface area contributed by atoms with Gasteiger partial charge in [0.25, 0.3) is 5.91 Å². The van der Waals surface area contributed by atoms with Crippen molar-refractivity contribution < 1.29 is 14.3 Å². The molecule has 2 heterocycles. The van der Waals surface area contributed by atoms with Gasteiger partial charge in [0.1, 0.15) is 13.2 Å². The van der Waals surface area contributed by atoms with Gasteiger partial charge in [-0.2, -0.15) is 0 Å². The van der Waals surface area contributed by atoms with Gasteiger partial charge in [0.05, 0.1) is 11.6 Å². The second-order valence-corrected chi connectivity index (χ2v) is 8.96. The molecule has 5 nitrogen and oxygen atoms in total. The van der Waals surface area contributed by atoms with Gasteiger partial charge in [-0.3, -0.25) is 9.69 Å². The van der Waals surface area contributed by atoms with E-state index in [4.69, 9.17) is 9.47 Å². The van der Waals surface area contributed by atoms with E-state index in [0.29, 0.717) is 43.4 Å². The summed E-state index contributed by atoms with van der Waals surface area (Å²) in [4.78, 5) is 17.9. The molecule has 0 atom stereocenters. The van der Waals surface area contributed by atoms with Crippen LogP contribution in [0.5, 0.6) is 11.5 Å². The predicted molar refractivity (Wildman–Crippen MR) is 127 cm³/mol. The quantitative estimate of drug-likeness (QED) is 0.602. The molecule has 1 aliphatic carbocycles. The van der Waals surface area contributed by atoms with Crippen molar-refractivity contribution in [3.63, 3.8) is 0 Å². The Hall–Kier alpha value is -3.31. The van der Waals surface area contributed by atoms with Crippen molar-refractivity contribution in [2.75, 3.05) is 39.4 Å². The fourth-order valence-corrected chi connectivity index (χ4v) is 5.48. The molecule has 0 spiro atoms. The number of hydrogen-bond donors (Lipinski definition) is 0. The van der Waals surface area contributed by atoms with Crippen LogP contribution in [0, 0.1) is 0 Å². The molecule has 6 rings (SSSR count). The maximum Gasteiger partial charge on any atom is 0.257 e. The highest BCUT2D eigenvalue weighted by Gasteiger charge is 2.33. The van der Waals surface area contributed by atoms with E-state index in [1.54, 1.807) is 0 Å². The molecule has 0 unspecified atom stereocenters. The smallest absolute Gasteiger partial charge is 0.257 e. The molecule has 3 aliphatic rings. The molecular formula is C28H28N2O3. The van der Waals surface area contributed by atoms with E-state index in [-0.39, 0.29) is 11.9 Å². The van der Waals surface area contributed by atoms with E-state index >= 15 is 0 Å². The number of aryl methyl sites for hydroxylation is 2. The normalized spacial score (nSPS) is 18.2. The van der Waals surface area contributed by atoms with Crippen LogP contribution in [0.3, 0.4) is 0 Å². The Balaban J connectivity index is 1.25. The lowest BCUT2D eigenvalue weighted by Crippen LogP contribution is -2.50. The first-order valence-electron chi connectivity index (χ1n) is 11.9. The molecule has 3 aromatic rings. The van der Waals surface area contributed by atoms with Crippen LogP contribution in [-0.4, -0.2) is 55.1 Å². The lowest BCUT2D eigenvalue weighted by Gasteiger charge is -2.40. The second kappa shape index (κ2) is 8.56. The molecule has 0 aromatic heterocycles. The molecule has 0 N–H and O–H groups in total. The maximum absolute atomic E-state index is 13.4. The maximum atomic E-state index is 13.4. The first-order chi connectivity index (χ1) is 16.3. The summed E-state index contributed by atoms with van der Waals surface area (Å²) in [5.74, 6) is 1.28. The zero-order valence-corrected chi connectivity index (χ0v) is 18.7. The number of carbonyl (C=O) groups is 1. The number of ether oxygens (including phenoxy) is 2. The lowest BCUT2D eigenvalue weighted by atomic mass is 9.92. The van der Waals surface area contributed by atoms with Gasteiger partial charge < -0.3 is 14.4 Å². The van der Waals surface area contributed by atoms with Crippen LogP contribution in [0.4, 0.5) is 0 Å². The van der Waals surface area contributed by atoms with Gasteiger partial charge >= 0.3 is 0 Å². The van der Waals surface area contributed by atoms with Gasteiger partial charge in [-0.25, -0.2) is 0 Å². The molecule has 1 saturated heterocycles. The number of piperazine rings is 1. The number of benzene rings is 3. The molecule has 0 saturated carbocycles. The molecule has 1 amide bonds. The summed E-state index contributed by atoms with van der Waals surface area (Å²) in [7, 11) is 0. The number of amides is 1. The van der Waals surface area contributed by atoms with Gasteiger partial charge in [0.15, 0.2) is 11.5 Å². The van der Waals surface area contributed by atoms with Crippen molar-refractivity contribution in [3.05, 3.63) is 94.5 Å². The molecule has 0 radical (unpaired) electrons. The van der Waals surface area contributed by atoms with Crippen LogP contribution in [0.1, 0.15) is 38.7 Å². The van der Waals surface area contributed by atoms with Gasteiger partial charge in [0.2, 0.25) is 0 Å². The van der Waals surface area contributed by atoms with Crippen LogP contribution in [0.25, 0.3) is 0 Å². The lowest BCUT2D eigenvalue weighted by molar-refractivity contribution is 0.0588. The van der Waals surface area contributed by atoms with Crippen molar-refractivity contribution in [2.45, 2.75) is 18.9 Å². The van der Waals surface area contributed by atoms with E-state index in [1.165, 1.54) is 22.3 Å². The van der Waals surface area contributed by atoms with Crippen molar-refractivity contribution in [1.29, 1.82) is 0 Å². The largest absolute Gasteiger partial charge is 0.486 e. The predicted octanol–water partition coefficient (Wildman–Crippen LogP) is 4.10. The minimum absolute atomic E-state index is 0.0265. The zero-order chi connectivity index (χ0) is 22.2. The summed E-state index contributed by atoms with van der Waals surface area (Å²) in [5.41, 5.74) is 6.29. The monoisotopic (exact) mass is 440 g/mol. The van der Waals surface area contributed by atoms with E-state index < -0.39 is 0 Å². The van der Waals surface area contributed by atoms with Gasteiger partial charge in [0, 0.05) is 26.2 Å². The molecule has 1 fully saturated rings. The SMILES string of the molecule is O=C(c1cccc2c1OCCO2)N1CCN(C2c3ccccc3CCc3ccccc32)CC1. The van der Waals surface area contributed by atoms with E-state index in [0.717, 1.165) is 25.9 Å². The Labute approximate surface area is 194 Å². The van der Waals surface area contributed by atoms with Crippen LogP contribution in [0.15, 0.2) is 66.7 Å². The van der Waals surface area contributed by atoms with Crippen molar-refractivity contribution in [3.8, 4) is 11.5 Å². The van der Waals surface area contributed by atoms with Gasteiger partial charge in [-0.15, -0.1) is 0 Å². The van der Waals surface area contributed by atoms with Crippen LogP contribution in [-0.2, 0) is 12.8 Å². The average molecular weight is 441 g/mol. The van der Waals surface area contributed by atoms with Crippen LogP contribution >= 0.6 is 0 Å². The standard InChI is InChI=1S/C28H28N2O3/c31-28(24-10-5-11-25-27(24)33-19-18-32-25)30-16-14-29(15-17-30)26-22-8-3-1-6-20(22)12-13-21-7-2-4-9-23(21)26/h1-11,26H,12-19H2. The van der Waals surface area contributed by atoms with E-state index in [2.05, 4.69) is 53.4 Å². The summed E-state index contributed by atoms with van der Waals surface area (Å²) in [6.45, 7) is 4.07. The summed E-state index contributed by atoms with van der Waals surface area (Å²) in [5, 5.41) is 0. The van der Waals surface area contributed by atoms with Gasteiger partial charge in [-0.05, 0) is 47.2 Å². The Morgan fingerprint density at radius 1 is 0.727 bits per heavy atom. The highest BCUT2D eigenvalue weighted by atomic mass is 16.6. The number of para-hydroxylation sites is 1. The third-order valence-electron chi connectivity index (χ3n) is 7.13. The first-order valence-corrected chi connectivity index (χ1v) is 11.9. The highest BCUT2D eigenvalue weighted by Crippen LogP contribution is 2.38. The average Bonchev–Trinajstić information content (AvgIpc) is 3.05. The third-order valence-corrected chi connectivity index (χ3v) is 7.13. The molecule has 3 aromatic carbocycles. The summed E-state index contributed by atoms with van der Waals surface area (Å²) >= 11 is 0. The Bertz CT molecular complexity index is 1140. The Morgan fingerprint density at radius 2 is 1.36 bits per heavy atom. The molecule has 33 heavy (non-hydrogen) atoms. The molecular weight excluding hydrogens is 412 g/mol. The fraction of sp³-hybridized carbons (Fsp3) is 0.321. The summed E-state index contributed by atoms with van der Waals surface area (Å²) in [6.07, 6.45) is 2.15. The number of fused-ring (bicyclic) bond motifs is 3. The van der Waals surface area contributed by atoms with Crippen molar-refractivity contribution in [2.24, 2.45) is 0 Å². The Kier molecular flexibility index (Phi) is 5.27. The van der Waals surface area contributed by atoms with E-state index in [1.807, 2.05) is 23.1 Å². The third kappa shape index (κ3) is 3.66. The fourth-order valence-electron chi connectivity index (χ4n) is 5.48. The Morgan fingerprint density at radius 3 is 2.06 bits per heavy atom. The first kappa shape index (κ1) is 20.3. The van der Waals surface area contributed by atoms with Crippen molar-refractivity contribution in [1.82, 2.24) is 9.80 Å². The molecule has 2 aliphatic heterocycles. The number of carbonyl (C=O) groups excluding carboxylic acids is 1. The second-order valence-electron chi connectivity index (χ2n) is 8.96. The number of hydrogen-bond acceptors (Lipinski definition) is 4. The van der Waals surface area contributed by atoms with Crippen LogP contribution < -0.4 is 9.47 Å². The highest BCUT2D eigenvalue weighted by molar-refractivity contribution is 5.98. The molecule has 168 valence electrons. The minimum Gasteiger partial charge on any atom is -0.486 e. The number of rotatable bonds is 2. The summed E-state index contributed by atoms with van der Waals surface area (Å²) in [6, 6.07) is 23.5. The number of nitrogens with zero attached hydrogens (tertiary/aromatic N) is 2. The van der Waals surface area contributed by atoms with Crippen molar-refractivity contribution >= 4 is 5.91 Å². The minimum atomic E-state index is 0.0265. The molecule has 5 heteroatoms. The summed E-state index contributed by atoms with van der Waals surface area (Å²) < 4.78 is 11.5.